The van der Waals surface area contributed by atoms with Gasteiger partial charge in [0, 0.05) is 61.2 Å². The number of fused-ring (bicyclic) bond motifs is 14. The maximum absolute atomic E-state index is 14.4. The van der Waals surface area contributed by atoms with Gasteiger partial charge in [-0.1, -0.05) is 90.1 Å². The number of ether oxygens (including phenoxy) is 4. The van der Waals surface area contributed by atoms with Crippen molar-refractivity contribution in [3.8, 4) is 23.0 Å². The van der Waals surface area contributed by atoms with Crippen LogP contribution in [0, 0.1) is 30.6 Å². The van der Waals surface area contributed by atoms with Crippen LogP contribution in [0.1, 0.15) is 122 Å². The number of hydrogen-bond donors (Lipinski definition) is 6. The smallest absolute Gasteiger partial charge is 0.312 e. The molecule has 0 aromatic heterocycles. The third kappa shape index (κ3) is 10.9. The fourth-order valence-electron chi connectivity index (χ4n) is 8.14. The number of Topliss-reactive ketones (excluding diaryl/α,β-unsaturated/α-hetero) is 1. The third-order valence-corrected chi connectivity index (χ3v) is 12.1. The van der Waals surface area contributed by atoms with Crippen molar-refractivity contribution < 1.29 is 63.7 Å². The van der Waals surface area contributed by atoms with Crippen LogP contribution in [0.4, 0.5) is 5.69 Å². The van der Waals surface area contributed by atoms with Crippen molar-refractivity contribution >= 4 is 40.3 Å². The number of amides is 1. The van der Waals surface area contributed by atoms with Crippen molar-refractivity contribution in [3.05, 3.63) is 52.8 Å². The van der Waals surface area contributed by atoms with Crippen molar-refractivity contribution in [2.45, 2.75) is 137 Å². The number of phenolic OH excluding ortho intramolecular Hbond substituents is 3. The van der Waals surface area contributed by atoms with E-state index in [0.29, 0.717) is 0 Å². The summed E-state index contributed by atoms with van der Waals surface area (Å²) in [5.74, 6) is -8.54. The van der Waals surface area contributed by atoms with Crippen LogP contribution in [0.15, 0.2) is 41.3 Å². The molecule has 62 heavy (non-hydrogen) atoms. The number of anilines is 1. The molecule has 2 aromatic rings. The van der Waals surface area contributed by atoms with Gasteiger partial charge in [0.2, 0.25) is 0 Å². The summed E-state index contributed by atoms with van der Waals surface area (Å²) in [6.07, 6.45) is 12.0. The Hall–Kier alpha value is -5.12. The molecule has 3 aliphatic rings. The van der Waals surface area contributed by atoms with Gasteiger partial charge >= 0.3 is 11.8 Å². The summed E-state index contributed by atoms with van der Waals surface area (Å²) < 4.78 is 23.6. The number of rotatable bonds is 12. The standard InChI is InChI=1S/C47H66N2O13/c1-11-12-13-14-15-16-17-22-60-48-24-32-37-42(55)35-34(41(32)54)36-44(30(7)40(35)53)62-47(9,45(36)56)59-23-21-33(58-10)27(4)43(61-31(8)50)29(6)39(52)28(5)38(51)25(2)19-18-20-26(3)46(57)49-37/h18-21,23-25,27-29,33,38-39,43,51-55H,11-17,22H2,1-10H3,(H,49,57)/t25-,27-,28+,29+,33-,38-,39+,43-,47-/m0/s1. The summed E-state index contributed by atoms with van der Waals surface area (Å²) in [4.78, 5) is 46.0. The summed E-state index contributed by atoms with van der Waals surface area (Å²) in [7, 11) is 1.43. The zero-order valence-electron chi connectivity index (χ0n) is 37.7. The molecule has 1 amide bonds. The van der Waals surface area contributed by atoms with Crippen LogP contribution < -0.4 is 10.1 Å². The normalized spacial score (nSPS) is 27.3. The minimum atomic E-state index is -2.06. The minimum Gasteiger partial charge on any atom is -0.507 e. The highest BCUT2D eigenvalue weighted by Gasteiger charge is 2.50. The fraction of sp³-hybridized carbons (Fsp3) is 0.574. The first-order valence-electron chi connectivity index (χ1n) is 21.6. The predicted molar refractivity (Wildman–Crippen MR) is 235 cm³/mol. The number of nitrogens with zero attached hydrogens (tertiary/aromatic N) is 1. The minimum absolute atomic E-state index is 0.0426. The Morgan fingerprint density at radius 1 is 0.903 bits per heavy atom. The largest absolute Gasteiger partial charge is 0.507 e. The van der Waals surface area contributed by atoms with E-state index < -0.39 is 88.8 Å². The highest BCUT2D eigenvalue weighted by atomic mass is 16.7. The molecule has 2 aromatic carbocycles. The summed E-state index contributed by atoms with van der Waals surface area (Å²) >= 11 is 0. The fourth-order valence-corrected chi connectivity index (χ4v) is 8.14. The van der Waals surface area contributed by atoms with E-state index in [1.54, 1.807) is 39.8 Å². The number of oxime groups is 1. The van der Waals surface area contributed by atoms with Gasteiger partial charge in [-0.3, -0.25) is 14.4 Å². The molecule has 3 aliphatic heterocycles. The molecule has 0 saturated heterocycles. The van der Waals surface area contributed by atoms with Gasteiger partial charge < -0.3 is 54.6 Å². The molecule has 0 aliphatic carbocycles. The second-order valence-electron chi connectivity index (χ2n) is 16.8. The van der Waals surface area contributed by atoms with E-state index in [1.165, 1.54) is 66.1 Å². The number of benzene rings is 2. The number of allylic oxidation sites excluding steroid dienone is 2. The number of aliphatic hydroxyl groups excluding tert-OH is 2. The molecule has 5 bridgehead atoms. The number of aromatic hydroxyl groups is 3. The second kappa shape index (κ2) is 21.8. The summed E-state index contributed by atoms with van der Waals surface area (Å²) in [6.45, 7) is 14.9. The van der Waals surface area contributed by atoms with Crippen LogP contribution in [0.3, 0.4) is 0 Å². The van der Waals surface area contributed by atoms with Gasteiger partial charge in [0.15, 0.2) is 5.75 Å². The second-order valence-corrected chi connectivity index (χ2v) is 16.8. The first-order chi connectivity index (χ1) is 29.3. The molecule has 5 rings (SSSR count). The van der Waals surface area contributed by atoms with E-state index in [0.717, 1.165) is 38.3 Å². The number of unbranched alkanes of at least 4 members (excludes halogenated alkanes) is 6. The van der Waals surface area contributed by atoms with Crippen LogP contribution in [0.25, 0.3) is 10.8 Å². The summed E-state index contributed by atoms with van der Waals surface area (Å²) in [5.41, 5.74) is -0.538. The maximum Gasteiger partial charge on any atom is 0.312 e. The molecular formula is C47H66N2O13. The van der Waals surface area contributed by atoms with Crippen LogP contribution in [0.5, 0.6) is 23.0 Å². The Morgan fingerprint density at radius 2 is 1.56 bits per heavy atom. The molecule has 0 spiro atoms. The molecular weight excluding hydrogens is 801 g/mol. The third-order valence-electron chi connectivity index (χ3n) is 12.1. The lowest BCUT2D eigenvalue weighted by Gasteiger charge is -2.38. The Morgan fingerprint density at radius 3 is 2.21 bits per heavy atom. The van der Waals surface area contributed by atoms with E-state index in [4.69, 9.17) is 23.8 Å². The lowest BCUT2D eigenvalue weighted by molar-refractivity contribution is -0.160. The number of phenols is 3. The molecule has 0 saturated carbocycles. The molecule has 15 heteroatoms. The van der Waals surface area contributed by atoms with E-state index in [-0.39, 0.29) is 51.1 Å². The van der Waals surface area contributed by atoms with Crippen LogP contribution in [0.2, 0.25) is 0 Å². The summed E-state index contributed by atoms with van der Waals surface area (Å²) in [6, 6.07) is 0. The van der Waals surface area contributed by atoms with Gasteiger partial charge in [-0.25, -0.2) is 0 Å². The first-order valence-corrected chi connectivity index (χ1v) is 21.6. The molecule has 0 radical (unpaired) electrons. The average molecular weight is 867 g/mol. The van der Waals surface area contributed by atoms with Gasteiger partial charge in [0.1, 0.15) is 30.0 Å². The number of methoxy groups -OCH3 is 1. The number of carbonyl (C=O) groups is 3. The van der Waals surface area contributed by atoms with Crippen LogP contribution >= 0.6 is 0 Å². The molecule has 15 nitrogen and oxygen atoms in total. The molecule has 0 fully saturated rings. The van der Waals surface area contributed by atoms with Gasteiger partial charge in [0.25, 0.3) is 11.7 Å². The van der Waals surface area contributed by atoms with Crippen molar-refractivity contribution in [3.63, 3.8) is 0 Å². The van der Waals surface area contributed by atoms with Crippen LogP contribution in [-0.4, -0.2) is 93.3 Å². The van der Waals surface area contributed by atoms with E-state index in [2.05, 4.69) is 17.4 Å². The maximum atomic E-state index is 14.4. The van der Waals surface area contributed by atoms with Crippen molar-refractivity contribution in [2.24, 2.45) is 28.8 Å². The van der Waals surface area contributed by atoms with Gasteiger partial charge in [0.05, 0.1) is 53.0 Å². The zero-order chi connectivity index (χ0) is 46.1. The number of hydrogen-bond acceptors (Lipinski definition) is 14. The van der Waals surface area contributed by atoms with Crippen LogP contribution in [-0.2, 0) is 28.6 Å². The topological polar surface area (TPSA) is 223 Å². The number of aliphatic hydroxyl groups is 2. The zero-order valence-corrected chi connectivity index (χ0v) is 37.7. The monoisotopic (exact) mass is 866 g/mol. The predicted octanol–water partition coefficient (Wildman–Crippen LogP) is 7.86. The Kier molecular flexibility index (Phi) is 17.4. The SMILES string of the molecule is CCCCCCCCCON=Cc1c2c(O)c3c(O)c(C)c4c(c3c1O)C(=O)[C@@](C)(OC=C[C@H](OC)[C@H](C)[C@H](OC(C)=O)[C@H](C)[C@H](O)[C@H](C)[C@@H](O)[C@@H](C)C=CC=C(C)C(=O)N2)O4. The summed E-state index contributed by atoms with van der Waals surface area (Å²) in [5, 5.41) is 64.4. The van der Waals surface area contributed by atoms with Gasteiger partial charge in [-0.15, -0.1) is 0 Å². The molecule has 0 unspecified atom stereocenters. The first kappa shape index (κ1) is 49.5. The molecule has 3 heterocycles. The quantitative estimate of drug-likeness (QED) is 0.0299. The van der Waals surface area contributed by atoms with Gasteiger partial charge in [-0.05, 0) is 32.8 Å². The highest BCUT2D eigenvalue weighted by Crippen LogP contribution is 2.55. The van der Waals surface area contributed by atoms with Crippen molar-refractivity contribution in [1.82, 2.24) is 0 Å². The Balaban J connectivity index is 1.87. The Labute approximate surface area is 364 Å². The lowest BCUT2D eigenvalue weighted by Crippen LogP contribution is -2.46. The number of ketones is 1. The van der Waals surface area contributed by atoms with Crippen molar-refractivity contribution in [2.75, 3.05) is 19.0 Å². The van der Waals surface area contributed by atoms with E-state index in [1.807, 2.05) is 0 Å². The van der Waals surface area contributed by atoms with Gasteiger partial charge in [-0.2, -0.15) is 0 Å². The number of esters is 1. The van der Waals surface area contributed by atoms with Crippen molar-refractivity contribution in [1.29, 1.82) is 0 Å². The number of nitrogens with one attached hydrogen (secondary N) is 1. The molecule has 6 N–H and O–H groups in total. The van der Waals surface area contributed by atoms with E-state index >= 15 is 0 Å². The molecule has 342 valence electrons. The Bertz CT molecular complexity index is 2060. The number of carbonyl (C=O) groups excluding carboxylic acids is 3. The highest BCUT2D eigenvalue weighted by molar-refractivity contribution is 6.23. The average Bonchev–Trinajstić information content (AvgIpc) is 3.50. The lowest BCUT2D eigenvalue weighted by atomic mass is 9.78. The van der Waals surface area contributed by atoms with E-state index in [9.17, 15) is 39.9 Å². The molecule has 9 atom stereocenters.